The molecule has 0 unspecified atom stereocenters. The summed E-state index contributed by atoms with van der Waals surface area (Å²) < 4.78 is 27.9. The maximum atomic E-state index is 14.0. The van der Waals surface area contributed by atoms with Gasteiger partial charge < -0.3 is 10.6 Å². The van der Waals surface area contributed by atoms with Crippen molar-refractivity contribution in [3.05, 3.63) is 67.4 Å². The second-order valence-corrected chi connectivity index (χ2v) is 7.70. The monoisotopic (exact) mass is 419 g/mol. The predicted octanol–water partition coefficient (Wildman–Crippen LogP) is 3.24. The lowest BCUT2D eigenvalue weighted by atomic mass is 10.0. The van der Waals surface area contributed by atoms with Gasteiger partial charge in [-0.15, -0.1) is 11.3 Å². The number of thiophene rings is 1. The zero-order valence-electron chi connectivity index (χ0n) is 14.2. The summed E-state index contributed by atoms with van der Waals surface area (Å²) in [4.78, 5) is 15.4. The van der Waals surface area contributed by atoms with Crippen LogP contribution >= 0.6 is 22.9 Å². The van der Waals surface area contributed by atoms with Gasteiger partial charge in [0.15, 0.2) is 5.82 Å². The number of aromatic nitrogens is 2. The Morgan fingerprint density at radius 1 is 1.32 bits per heavy atom. The van der Waals surface area contributed by atoms with Gasteiger partial charge in [-0.2, -0.15) is 15.0 Å². The van der Waals surface area contributed by atoms with Crippen molar-refractivity contribution in [2.45, 2.75) is 13.0 Å². The molecule has 1 aromatic carbocycles. The third kappa shape index (κ3) is 2.91. The van der Waals surface area contributed by atoms with Crippen LogP contribution in [0.1, 0.15) is 16.0 Å². The molecule has 1 aliphatic rings. The number of anilines is 2. The van der Waals surface area contributed by atoms with Crippen LogP contribution < -0.4 is 16.2 Å². The molecule has 0 amide bonds. The Balaban J connectivity index is 1.71. The number of rotatable bonds is 2. The number of hydrogen-bond acceptors (Lipinski definition) is 6. The van der Waals surface area contributed by atoms with Crippen LogP contribution in [0.15, 0.2) is 29.2 Å². The highest BCUT2D eigenvalue weighted by Crippen LogP contribution is 2.36. The third-order valence-corrected chi connectivity index (χ3v) is 5.98. The van der Waals surface area contributed by atoms with Crippen molar-refractivity contribution in [2.24, 2.45) is 0 Å². The minimum absolute atomic E-state index is 0.118. The number of nitriles is 1. The van der Waals surface area contributed by atoms with Crippen LogP contribution in [0.5, 0.6) is 0 Å². The fourth-order valence-corrected chi connectivity index (χ4v) is 4.55. The highest BCUT2D eigenvalue weighted by atomic mass is 35.5. The van der Waals surface area contributed by atoms with E-state index in [9.17, 15) is 18.8 Å². The standard InChI is InChI=1S/C18H12ClF2N5OS/c19-16-14(25-4-3-10-11(6-22)17(23)28-15(10)8-25)7-24-26(18(16)27)13-2-1-9(20)5-12(13)21/h1-2,5,7H,3-4,8,23H2. The molecule has 0 saturated carbocycles. The van der Waals surface area contributed by atoms with Gasteiger partial charge in [-0.05, 0) is 24.1 Å². The zero-order chi connectivity index (χ0) is 20.0. The largest absolute Gasteiger partial charge is 0.389 e. The summed E-state index contributed by atoms with van der Waals surface area (Å²) in [5.41, 5.74) is 6.84. The molecule has 0 atom stereocenters. The van der Waals surface area contributed by atoms with E-state index in [1.165, 1.54) is 17.5 Å². The van der Waals surface area contributed by atoms with E-state index < -0.39 is 17.2 Å². The molecular weight excluding hydrogens is 408 g/mol. The molecule has 3 aromatic rings. The number of nitrogens with two attached hydrogens (primary N) is 1. The lowest BCUT2D eigenvalue weighted by Crippen LogP contribution is -2.33. The van der Waals surface area contributed by atoms with E-state index in [-0.39, 0.29) is 10.7 Å². The van der Waals surface area contributed by atoms with E-state index in [0.717, 1.165) is 27.3 Å². The van der Waals surface area contributed by atoms with Crippen molar-refractivity contribution in [3.63, 3.8) is 0 Å². The molecule has 1 aliphatic heterocycles. The van der Waals surface area contributed by atoms with Gasteiger partial charge in [-0.25, -0.2) is 8.78 Å². The van der Waals surface area contributed by atoms with Crippen LogP contribution in [0.25, 0.3) is 5.69 Å². The molecule has 0 aliphatic carbocycles. The van der Waals surface area contributed by atoms with Gasteiger partial charge in [0.25, 0.3) is 5.56 Å². The van der Waals surface area contributed by atoms with Crippen LogP contribution in [-0.2, 0) is 13.0 Å². The van der Waals surface area contributed by atoms with Gasteiger partial charge in [0, 0.05) is 17.5 Å². The molecule has 10 heteroatoms. The van der Waals surface area contributed by atoms with Gasteiger partial charge in [-0.1, -0.05) is 11.6 Å². The number of nitrogens with zero attached hydrogens (tertiary/aromatic N) is 4. The quantitative estimate of drug-likeness (QED) is 0.689. The maximum absolute atomic E-state index is 14.0. The summed E-state index contributed by atoms with van der Waals surface area (Å²) in [5, 5.41) is 13.6. The molecule has 6 nitrogen and oxygen atoms in total. The van der Waals surface area contributed by atoms with Gasteiger partial charge in [0.1, 0.15) is 27.6 Å². The Hall–Kier alpha value is -2.96. The number of hydrogen-bond donors (Lipinski definition) is 1. The van der Waals surface area contributed by atoms with Gasteiger partial charge in [0.2, 0.25) is 0 Å². The Kier molecular flexibility index (Phi) is 4.53. The van der Waals surface area contributed by atoms with E-state index in [4.69, 9.17) is 17.3 Å². The van der Waals surface area contributed by atoms with Crippen LogP contribution in [0.2, 0.25) is 5.02 Å². The van der Waals surface area contributed by atoms with Crippen molar-refractivity contribution in [3.8, 4) is 11.8 Å². The molecule has 4 rings (SSSR count). The molecular formula is C18H12ClF2N5OS. The number of nitrogen functional groups attached to an aromatic ring is 1. The Morgan fingerprint density at radius 2 is 2.11 bits per heavy atom. The Labute approximate surface area is 167 Å². The molecule has 2 aromatic heterocycles. The first-order chi connectivity index (χ1) is 13.4. The number of fused-ring (bicyclic) bond motifs is 1. The summed E-state index contributed by atoms with van der Waals surface area (Å²) in [6, 6.07) is 4.96. The maximum Gasteiger partial charge on any atom is 0.292 e. The van der Waals surface area contributed by atoms with Gasteiger partial charge >= 0.3 is 0 Å². The molecule has 3 heterocycles. The van der Waals surface area contributed by atoms with Crippen LogP contribution in [0, 0.1) is 23.0 Å². The van der Waals surface area contributed by atoms with Crippen molar-refractivity contribution in [2.75, 3.05) is 17.2 Å². The minimum Gasteiger partial charge on any atom is -0.389 e. The normalized spacial score (nSPS) is 13.3. The van der Waals surface area contributed by atoms with E-state index in [1.807, 2.05) is 4.90 Å². The lowest BCUT2D eigenvalue weighted by molar-refractivity contribution is 0.570. The lowest BCUT2D eigenvalue weighted by Gasteiger charge is -2.29. The fourth-order valence-electron chi connectivity index (χ4n) is 3.22. The molecule has 0 spiro atoms. The second-order valence-electron chi connectivity index (χ2n) is 6.18. The van der Waals surface area contributed by atoms with Gasteiger partial charge in [0.05, 0.1) is 24.0 Å². The molecule has 142 valence electrons. The van der Waals surface area contributed by atoms with Crippen LogP contribution in [-0.4, -0.2) is 16.3 Å². The fraction of sp³-hybridized carbons (Fsp3) is 0.167. The average Bonchev–Trinajstić information content (AvgIpc) is 2.98. The van der Waals surface area contributed by atoms with Crippen LogP contribution in [0.3, 0.4) is 0 Å². The van der Waals surface area contributed by atoms with Crippen LogP contribution in [0.4, 0.5) is 19.5 Å². The Bertz CT molecular complexity index is 1200. The topological polar surface area (TPSA) is 87.9 Å². The van der Waals surface area contributed by atoms with Crippen molar-refractivity contribution in [1.82, 2.24) is 9.78 Å². The summed E-state index contributed by atoms with van der Waals surface area (Å²) in [7, 11) is 0. The van der Waals surface area contributed by atoms with Crippen molar-refractivity contribution < 1.29 is 8.78 Å². The summed E-state index contributed by atoms with van der Waals surface area (Å²) in [6.45, 7) is 0.954. The summed E-state index contributed by atoms with van der Waals surface area (Å²) >= 11 is 7.61. The molecule has 28 heavy (non-hydrogen) atoms. The molecule has 0 bridgehead atoms. The van der Waals surface area contributed by atoms with E-state index in [0.29, 0.717) is 41.8 Å². The van der Waals surface area contributed by atoms with Gasteiger partial charge in [-0.3, -0.25) is 4.79 Å². The second kappa shape index (κ2) is 6.89. The van der Waals surface area contributed by atoms with Crippen molar-refractivity contribution in [1.29, 1.82) is 5.26 Å². The molecule has 0 radical (unpaired) electrons. The summed E-state index contributed by atoms with van der Waals surface area (Å²) in [5.74, 6) is -1.67. The Morgan fingerprint density at radius 3 is 2.82 bits per heavy atom. The summed E-state index contributed by atoms with van der Waals surface area (Å²) in [6.07, 6.45) is 1.96. The number of halogens is 3. The van der Waals surface area contributed by atoms with E-state index >= 15 is 0 Å². The van der Waals surface area contributed by atoms with Crippen molar-refractivity contribution >= 4 is 33.6 Å². The molecule has 0 fully saturated rings. The molecule has 2 N–H and O–H groups in total. The first-order valence-electron chi connectivity index (χ1n) is 8.19. The minimum atomic E-state index is -0.917. The molecule has 0 saturated heterocycles. The smallest absolute Gasteiger partial charge is 0.292 e. The predicted molar refractivity (Wildman–Crippen MR) is 103 cm³/mol. The first-order valence-corrected chi connectivity index (χ1v) is 9.38. The zero-order valence-corrected chi connectivity index (χ0v) is 15.8. The third-order valence-electron chi connectivity index (χ3n) is 4.58. The first kappa shape index (κ1) is 18.4. The van der Waals surface area contributed by atoms with E-state index in [1.54, 1.807) is 0 Å². The highest BCUT2D eigenvalue weighted by Gasteiger charge is 2.26. The van der Waals surface area contributed by atoms with E-state index in [2.05, 4.69) is 11.2 Å². The highest BCUT2D eigenvalue weighted by molar-refractivity contribution is 7.16. The SMILES string of the molecule is N#Cc1c(N)sc2c1CCN(c1cnn(-c3ccc(F)cc3F)c(=O)c1Cl)C2. The number of benzene rings is 1. The average molecular weight is 420 g/mol.